The molecular weight excluding hydrogens is 234 g/mol. The predicted octanol–water partition coefficient (Wildman–Crippen LogP) is 0.822. The molecule has 0 N–H and O–H groups in total. The second-order valence-corrected chi connectivity index (χ2v) is 4.33. The van der Waals surface area contributed by atoms with Crippen molar-refractivity contribution in [2.45, 2.75) is 12.5 Å². The van der Waals surface area contributed by atoms with Gasteiger partial charge >= 0.3 is 5.97 Å². The molecule has 0 aromatic heterocycles. The van der Waals surface area contributed by atoms with Gasteiger partial charge in [0.1, 0.15) is 6.54 Å². The molecule has 5 heteroatoms. The number of hydrogen-bond acceptors (Lipinski definition) is 4. The summed E-state index contributed by atoms with van der Waals surface area (Å²) in [5.41, 5.74) is 0.760. The number of nitrogens with zero attached hydrogens (tertiary/aromatic N) is 1. The number of rotatable bonds is 3. The molecule has 1 fully saturated rings. The van der Waals surface area contributed by atoms with Gasteiger partial charge in [-0.1, -0.05) is 18.2 Å². The van der Waals surface area contributed by atoms with Crippen molar-refractivity contribution >= 4 is 17.6 Å². The van der Waals surface area contributed by atoms with Crippen molar-refractivity contribution in [3.63, 3.8) is 0 Å². The monoisotopic (exact) mass is 247 g/mol. The zero-order chi connectivity index (χ0) is 12.8. The average molecular weight is 247 g/mol. The van der Waals surface area contributed by atoms with Crippen molar-refractivity contribution in [2.24, 2.45) is 0 Å². The highest BCUT2D eigenvalue weighted by Gasteiger charge is 2.61. The maximum absolute atomic E-state index is 12.3. The highest BCUT2D eigenvalue weighted by Crippen LogP contribution is 2.50. The Labute approximate surface area is 104 Å². The van der Waals surface area contributed by atoms with Gasteiger partial charge in [0.2, 0.25) is 0 Å². The fourth-order valence-electron chi connectivity index (χ4n) is 2.34. The maximum Gasteiger partial charge on any atom is 0.326 e. The van der Waals surface area contributed by atoms with Crippen LogP contribution in [0.2, 0.25) is 0 Å². The number of amides is 1. The van der Waals surface area contributed by atoms with Gasteiger partial charge < -0.3 is 9.47 Å². The van der Waals surface area contributed by atoms with Crippen molar-refractivity contribution in [2.75, 3.05) is 24.7 Å². The Kier molecular flexibility index (Phi) is 2.38. The van der Waals surface area contributed by atoms with Gasteiger partial charge in [0.15, 0.2) is 5.60 Å². The molecule has 2 aliphatic rings. The summed E-state index contributed by atoms with van der Waals surface area (Å²) in [6.45, 7) is 2.38. The minimum Gasteiger partial charge on any atom is -0.465 e. The molecule has 1 saturated heterocycles. The molecule has 94 valence electrons. The maximum atomic E-state index is 12.3. The third-order valence-electron chi connectivity index (χ3n) is 3.25. The summed E-state index contributed by atoms with van der Waals surface area (Å²) in [6, 6.07) is 7.39. The minimum absolute atomic E-state index is 0.0607. The summed E-state index contributed by atoms with van der Waals surface area (Å²) in [6.07, 6.45) is 0. The number of fused-ring (bicyclic) bond motifs is 2. The van der Waals surface area contributed by atoms with E-state index in [0.29, 0.717) is 13.2 Å². The summed E-state index contributed by atoms with van der Waals surface area (Å²) in [4.78, 5) is 25.3. The first-order valence-electron chi connectivity index (χ1n) is 5.90. The van der Waals surface area contributed by atoms with E-state index in [2.05, 4.69) is 0 Å². The van der Waals surface area contributed by atoms with Crippen LogP contribution in [0.1, 0.15) is 12.5 Å². The number of carbonyl (C=O) groups is 2. The largest absolute Gasteiger partial charge is 0.465 e. The number of esters is 1. The lowest BCUT2D eigenvalue weighted by atomic mass is 10.0. The summed E-state index contributed by atoms with van der Waals surface area (Å²) in [7, 11) is 0. The van der Waals surface area contributed by atoms with E-state index in [4.69, 9.17) is 9.47 Å². The first-order chi connectivity index (χ1) is 8.69. The molecule has 0 radical (unpaired) electrons. The zero-order valence-corrected chi connectivity index (χ0v) is 10.0. The van der Waals surface area contributed by atoms with Gasteiger partial charge in [-0.25, -0.2) is 0 Å². The highest BCUT2D eigenvalue weighted by atomic mass is 16.6. The smallest absolute Gasteiger partial charge is 0.326 e. The lowest BCUT2D eigenvalue weighted by molar-refractivity contribution is -0.142. The van der Waals surface area contributed by atoms with Crippen LogP contribution in [0.15, 0.2) is 24.3 Å². The number of epoxide rings is 1. The van der Waals surface area contributed by atoms with Crippen LogP contribution in [-0.4, -0.2) is 31.6 Å². The van der Waals surface area contributed by atoms with Crippen LogP contribution < -0.4 is 4.90 Å². The molecule has 1 spiro atoms. The lowest BCUT2D eigenvalue weighted by Crippen LogP contribution is -2.37. The van der Waals surface area contributed by atoms with Crippen LogP contribution in [0.3, 0.4) is 0 Å². The zero-order valence-electron chi connectivity index (χ0n) is 10.0. The standard InChI is InChI=1S/C13H13NO4/c1-2-17-11(15)7-14-10-6-4-3-5-9(10)13(8-18-13)12(14)16/h3-6H,2,7-8H2,1H3. The number of ether oxygens (including phenoxy) is 2. The van der Waals surface area contributed by atoms with E-state index >= 15 is 0 Å². The number of hydrogen-bond donors (Lipinski definition) is 0. The van der Waals surface area contributed by atoms with E-state index in [-0.39, 0.29) is 12.5 Å². The van der Waals surface area contributed by atoms with Gasteiger partial charge in [0.25, 0.3) is 5.91 Å². The molecule has 0 saturated carbocycles. The van der Waals surface area contributed by atoms with E-state index in [0.717, 1.165) is 11.3 Å². The molecule has 1 unspecified atom stereocenters. The molecule has 1 aromatic rings. The van der Waals surface area contributed by atoms with Crippen LogP contribution in [0.25, 0.3) is 0 Å². The number of carbonyl (C=O) groups excluding carboxylic acids is 2. The van der Waals surface area contributed by atoms with Crippen molar-refractivity contribution in [1.82, 2.24) is 0 Å². The van der Waals surface area contributed by atoms with Crippen molar-refractivity contribution < 1.29 is 19.1 Å². The summed E-state index contributed by atoms with van der Waals surface area (Å²) < 4.78 is 10.2. The molecule has 1 atom stereocenters. The number of benzene rings is 1. The number of para-hydroxylation sites is 1. The molecular formula is C13H13NO4. The van der Waals surface area contributed by atoms with E-state index in [1.165, 1.54) is 4.90 Å². The van der Waals surface area contributed by atoms with Gasteiger partial charge in [-0.2, -0.15) is 0 Å². The third kappa shape index (κ3) is 1.44. The minimum atomic E-state index is -0.830. The van der Waals surface area contributed by atoms with Crippen LogP contribution in [-0.2, 0) is 24.7 Å². The Morgan fingerprint density at radius 1 is 1.50 bits per heavy atom. The fourth-order valence-corrected chi connectivity index (χ4v) is 2.34. The van der Waals surface area contributed by atoms with Crippen molar-refractivity contribution in [3.8, 4) is 0 Å². The van der Waals surface area contributed by atoms with Crippen molar-refractivity contribution in [1.29, 1.82) is 0 Å². The normalized spacial score (nSPS) is 24.3. The predicted molar refractivity (Wildman–Crippen MR) is 63.1 cm³/mol. The molecule has 5 nitrogen and oxygen atoms in total. The summed E-state index contributed by atoms with van der Waals surface area (Å²) in [5.74, 6) is -0.574. The van der Waals surface area contributed by atoms with Gasteiger partial charge in [-0.3, -0.25) is 14.5 Å². The van der Waals surface area contributed by atoms with Crippen LogP contribution in [0, 0.1) is 0 Å². The molecule has 1 aromatic carbocycles. The van der Waals surface area contributed by atoms with Gasteiger partial charge in [-0.05, 0) is 13.0 Å². The van der Waals surface area contributed by atoms with Crippen molar-refractivity contribution in [3.05, 3.63) is 29.8 Å². The van der Waals surface area contributed by atoms with Crippen LogP contribution in [0.5, 0.6) is 0 Å². The highest BCUT2D eigenvalue weighted by molar-refractivity contribution is 6.10. The first-order valence-corrected chi connectivity index (χ1v) is 5.90. The summed E-state index contributed by atoms with van der Waals surface area (Å²) in [5, 5.41) is 0. The Morgan fingerprint density at radius 2 is 2.22 bits per heavy atom. The fraction of sp³-hybridized carbons (Fsp3) is 0.385. The molecule has 2 heterocycles. The third-order valence-corrected chi connectivity index (χ3v) is 3.25. The van der Waals surface area contributed by atoms with E-state index in [1.807, 2.05) is 24.3 Å². The van der Waals surface area contributed by atoms with Crippen LogP contribution in [0.4, 0.5) is 5.69 Å². The van der Waals surface area contributed by atoms with Gasteiger partial charge in [-0.15, -0.1) is 0 Å². The lowest BCUT2D eigenvalue weighted by Gasteiger charge is -2.15. The second kappa shape index (κ2) is 3.81. The molecule has 18 heavy (non-hydrogen) atoms. The van der Waals surface area contributed by atoms with E-state index in [1.54, 1.807) is 6.92 Å². The number of anilines is 1. The van der Waals surface area contributed by atoms with Crippen LogP contribution >= 0.6 is 0 Å². The molecule has 1 amide bonds. The first kappa shape index (κ1) is 11.2. The Bertz CT molecular complexity index is 521. The SMILES string of the molecule is CCOC(=O)CN1C(=O)C2(CO2)c2ccccc21. The molecule has 0 aliphatic carbocycles. The van der Waals surface area contributed by atoms with Gasteiger partial charge in [0.05, 0.1) is 18.9 Å². The Morgan fingerprint density at radius 3 is 2.89 bits per heavy atom. The van der Waals surface area contributed by atoms with Gasteiger partial charge in [0, 0.05) is 5.56 Å². The molecule has 3 rings (SSSR count). The summed E-state index contributed by atoms with van der Waals surface area (Å²) >= 11 is 0. The average Bonchev–Trinajstić information content (AvgIpc) is 3.13. The Balaban J connectivity index is 1.92. The van der Waals surface area contributed by atoms with E-state index < -0.39 is 11.6 Å². The molecule has 2 aliphatic heterocycles. The van der Waals surface area contributed by atoms with E-state index in [9.17, 15) is 9.59 Å². The second-order valence-electron chi connectivity index (χ2n) is 4.33. The molecule has 0 bridgehead atoms. The topological polar surface area (TPSA) is 59.1 Å². The Hall–Kier alpha value is -1.88. The quantitative estimate of drug-likeness (QED) is 0.586.